The van der Waals surface area contributed by atoms with Crippen molar-refractivity contribution in [1.29, 1.82) is 0 Å². The largest absolute Gasteiger partial charge is 0.497 e. The fourth-order valence-corrected chi connectivity index (χ4v) is 5.32. The quantitative estimate of drug-likeness (QED) is 0.307. The Bertz CT molecular complexity index is 1370. The fourth-order valence-electron chi connectivity index (χ4n) is 3.37. The summed E-state index contributed by atoms with van der Waals surface area (Å²) in [4.78, 5) is 33.4. The van der Waals surface area contributed by atoms with E-state index < -0.39 is 5.97 Å². The highest BCUT2D eigenvalue weighted by molar-refractivity contribution is 7.99. The molecule has 1 atom stereocenters. The van der Waals surface area contributed by atoms with Crippen molar-refractivity contribution in [2.24, 2.45) is 7.05 Å². The van der Waals surface area contributed by atoms with Gasteiger partial charge in [-0.3, -0.25) is 4.79 Å². The number of hydrogen-bond donors (Lipinski definition) is 1. The number of hydrogen-bond acceptors (Lipinski definition) is 9. The van der Waals surface area contributed by atoms with Gasteiger partial charge in [0.25, 0.3) is 5.56 Å². The summed E-state index contributed by atoms with van der Waals surface area (Å²) in [5.74, 6) is 1.55. The van der Waals surface area contributed by atoms with Crippen LogP contribution >= 0.6 is 23.1 Å². The Morgan fingerprint density at radius 2 is 2.00 bits per heavy atom. The number of ether oxygens (including phenoxy) is 2. The second-order valence-electron chi connectivity index (χ2n) is 7.26. The maximum atomic E-state index is 12.8. The van der Waals surface area contributed by atoms with E-state index in [0.29, 0.717) is 31.6 Å². The van der Waals surface area contributed by atoms with Crippen molar-refractivity contribution < 1.29 is 14.3 Å². The van der Waals surface area contributed by atoms with E-state index in [1.165, 1.54) is 23.1 Å². The first kappa shape index (κ1) is 23.0. The molecule has 0 saturated carbocycles. The van der Waals surface area contributed by atoms with Crippen LogP contribution in [0, 0.1) is 6.92 Å². The van der Waals surface area contributed by atoms with E-state index in [2.05, 4.69) is 20.2 Å². The molecule has 0 aliphatic carbocycles. The summed E-state index contributed by atoms with van der Waals surface area (Å²) < 4.78 is 12.2. The Morgan fingerprint density at radius 3 is 2.67 bits per heavy atom. The first-order valence-corrected chi connectivity index (χ1v) is 11.9. The van der Waals surface area contributed by atoms with Crippen LogP contribution in [0.4, 0.5) is 0 Å². The van der Waals surface area contributed by atoms with Crippen LogP contribution in [0.2, 0.25) is 0 Å². The van der Waals surface area contributed by atoms with Crippen LogP contribution in [-0.2, 0) is 11.8 Å². The molecule has 0 aliphatic rings. The predicted molar refractivity (Wildman–Crippen MR) is 128 cm³/mol. The van der Waals surface area contributed by atoms with Gasteiger partial charge in [0.05, 0.1) is 24.4 Å². The van der Waals surface area contributed by atoms with Crippen molar-refractivity contribution in [3.63, 3.8) is 0 Å². The van der Waals surface area contributed by atoms with Crippen molar-refractivity contribution in [1.82, 2.24) is 24.7 Å². The first-order valence-electron chi connectivity index (χ1n) is 10.2. The molecule has 0 saturated heterocycles. The number of fused-ring (bicyclic) bond motifs is 1. The second kappa shape index (κ2) is 9.36. The highest BCUT2D eigenvalue weighted by Gasteiger charge is 2.22. The number of nitrogens with zero attached hydrogens (tertiary/aromatic N) is 4. The average molecular weight is 486 g/mol. The summed E-state index contributed by atoms with van der Waals surface area (Å²) in [6.07, 6.45) is 0. The summed E-state index contributed by atoms with van der Waals surface area (Å²) in [7, 11) is 3.51. The molecule has 0 fully saturated rings. The third-order valence-corrected chi connectivity index (χ3v) is 7.44. The minimum Gasteiger partial charge on any atom is -0.497 e. The molecule has 0 radical (unpaired) electrons. The summed E-state index contributed by atoms with van der Waals surface area (Å²) >= 11 is 2.61. The summed E-state index contributed by atoms with van der Waals surface area (Å²) in [6, 6.07) is 7.59. The zero-order valence-electron chi connectivity index (χ0n) is 18.8. The molecular weight excluding hydrogens is 462 g/mol. The lowest BCUT2D eigenvalue weighted by molar-refractivity contribution is 0.0531. The molecular formula is C22H23N5O4S2. The number of H-pyrrole nitrogens is 1. The van der Waals surface area contributed by atoms with Gasteiger partial charge in [0.1, 0.15) is 21.3 Å². The molecule has 3 aromatic heterocycles. The monoisotopic (exact) mass is 485 g/mol. The Labute approximate surface area is 198 Å². The van der Waals surface area contributed by atoms with Crippen LogP contribution in [-0.4, -0.2) is 44.4 Å². The van der Waals surface area contributed by atoms with Crippen LogP contribution in [0.5, 0.6) is 5.75 Å². The van der Waals surface area contributed by atoms with E-state index in [4.69, 9.17) is 9.47 Å². The Morgan fingerprint density at radius 1 is 1.27 bits per heavy atom. The normalized spacial score (nSPS) is 12.2. The molecule has 4 aromatic rings. The van der Waals surface area contributed by atoms with Crippen molar-refractivity contribution in [2.45, 2.75) is 31.2 Å². The molecule has 0 bridgehead atoms. The van der Waals surface area contributed by atoms with E-state index in [-0.39, 0.29) is 17.4 Å². The van der Waals surface area contributed by atoms with Gasteiger partial charge in [0, 0.05) is 12.6 Å². The smallest absolute Gasteiger partial charge is 0.348 e. The SMILES string of the molecule is CCOC(=O)c1sc2nc(C(C)Sc3nnc(-c4ccc(OC)cc4)n3C)[nH]c(=O)c2c1C. The number of thiophene rings is 1. The van der Waals surface area contributed by atoms with Gasteiger partial charge in [-0.15, -0.1) is 21.5 Å². The summed E-state index contributed by atoms with van der Waals surface area (Å²) in [5.41, 5.74) is 1.23. The van der Waals surface area contributed by atoms with Crippen LogP contribution in [0.3, 0.4) is 0 Å². The number of aromatic amines is 1. The predicted octanol–water partition coefficient (Wildman–Crippen LogP) is 4.13. The van der Waals surface area contributed by atoms with Crippen LogP contribution in [0.15, 0.2) is 34.2 Å². The van der Waals surface area contributed by atoms with Gasteiger partial charge in [-0.05, 0) is 50.6 Å². The molecule has 1 unspecified atom stereocenters. The number of aromatic nitrogens is 5. The van der Waals surface area contributed by atoms with E-state index in [1.54, 1.807) is 21.0 Å². The van der Waals surface area contributed by atoms with E-state index in [0.717, 1.165) is 17.1 Å². The number of nitrogens with one attached hydrogen (secondary N) is 1. The van der Waals surface area contributed by atoms with E-state index in [1.807, 2.05) is 42.8 Å². The molecule has 4 rings (SSSR count). The van der Waals surface area contributed by atoms with Gasteiger partial charge in [-0.1, -0.05) is 11.8 Å². The lowest BCUT2D eigenvalue weighted by atomic mass is 10.2. The Hall–Kier alpha value is -3.18. The van der Waals surface area contributed by atoms with Crippen LogP contribution in [0.1, 0.15) is 40.2 Å². The fraction of sp³-hybridized carbons (Fsp3) is 0.318. The van der Waals surface area contributed by atoms with Crippen molar-refractivity contribution in [2.75, 3.05) is 13.7 Å². The van der Waals surface area contributed by atoms with Crippen molar-refractivity contribution >= 4 is 39.3 Å². The number of aryl methyl sites for hydroxylation is 1. The molecule has 172 valence electrons. The first-order chi connectivity index (χ1) is 15.8. The molecule has 0 spiro atoms. The molecule has 0 aliphatic heterocycles. The molecule has 1 N–H and O–H groups in total. The third kappa shape index (κ3) is 4.38. The van der Waals surface area contributed by atoms with E-state index >= 15 is 0 Å². The number of methoxy groups -OCH3 is 1. The van der Waals surface area contributed by atoms with Gasteiger partial charge in [-0.2, -0.15) is 0 Å². The van der Waals surface area contributed by atoms with Gasteiger partial charge in [0.15, 0.2) is 11.0 Å². The lowest BCUT2D eigenvalue weighted by Gasteiger charge is -2.10. The zero-order chi connectivity index (χ0) is 23.7. The lowest BCUT2D eigenvalue weighted by Crippen LogP contribution is -2.13. The Balaban J connectivity index is 1.61. The van der Waals surface area contributed by atoms with Gasteiger partial charge >= 0.3 is 5.97 Å². The standard InChI is InChI=1S/C22H23N5O4S2/c1-6-31-21(29)16-11(2)15-19(28)23-17(24-20(15)33-16)12(3)32-22-26-25-18(27(22)4)13-7-9-14(30-5)10-8-13/h7-10,12H,6H2,1-5H3,(H,23,24,28). The molecule has 33 heavy (non-hydrogen) atoms. The molecule has 9 nitrogen and oxygen atoms in total. The van der Waals surface area contributed by atoms with Gasteiger partial charge in [-0.25, -0.2) is 9.78 Å². The minimum atomic E-state index is -0.438. The highest BCUT2D eigenvalue weighted by Crippen LogP contribution is 2.35. The highest BCUT2D eigenvalue weighted by atomic mass is 32.2. The zero-order valence-corrected chi connectivity index (χ0v) is 20.5. The topological polar surface area (TPSA) is 112 Å². The number of benzene rings is 1. The van der Waals surface area contributed by atoms with Gasteiger partial charge < -0.3 is 19.0 Å². The van der Waals surface area contributed by atoms with Crippen LogP contribution < -0.4 is 10.3 Å². The summed E-state index contributed by atoms with van der Waals surface area (Å²) in [6.45, 7) is 5.68. The number of carbonyl (C=O) groups is 1. The van der Waals surface area contributed by atoms with Crippen molar-refractivity contribution in [3.05, 3.63) is 50.9 Å². The number of rotatable bonds is 7. The second-order valence-corrected chi connectivity index (χ2v) is 9.57. The number of thioether (sulfide) groups is 1. The number of carbonyl (C=O) groups excluding carboxylic acids is 1. The summed E-state index contributed by atoms with van der Waals surface area (Å²) in [5, 5.41) is 9.53. The third-order valence-electron chi connectivity index (χ3n) is 5.13. The number of esters is 1. The minimum absolute atomic E-state index is 0.206. The average Bonchev–Trinajstić information content (AvgIpc) is 3.34. The maximum absolute atomic E-state index is 12.8. The van der Waals surface area contributed by atoms with Crippen molar-refractivity contribution in [3.8, 4) is 17.1 Å². The van der Waals surface area contributed by atoms with Crippen LogP contribution in [0.25, 0.3) is 21.6 Å². The molecule has 11 heteroatoms. The maximum Gasteiger partial charge on any atom is 0.348 e. The Kier molecular flexibility index (Phi) is 6.52. The van der Waals surface area contributed by atoms with Gasteiger partial charge in [0.2, 0.25) is 0 Å². The molecule has 0 amide bonds. The molecule has 1 aromatic carbocycles. The van der Waals surface area contributed by atoms with E-state index in [9.17, 15) is 9.59 Å². The molecule has 3 heterocycles.